The maximum Gasteiger partial charge on any atom is 0.331 e. The first-order valence-corrected chi connectivity index (χ1v) is 11.3. The lowest BCUT2D eigenvalue weighted by Gasteiger charge is -2.11. The van der Waals surface area contributed by atoms with E-state index in [9.17, 15) is 18.8 Å². The first-order chi connectivity index (χ1) is 16.8. The number of aromatic nitrogens is 2. The minimum atomic E-state index is -0.759. The smallest absolute Gasteiger partial charge is 0.331 e. The van der Waals surface area contributed by atoms with Crippen LogP contribution in [0.15, 0.2) is 54.6 Å². The van der Waals surface area contributed by atoms with Crippen LogP contribution in [0.3, 0.4) is 0 Å². The summed E-state index contributed by atoms with van der Waals surface area (Å²) in [6, 6.07) is 12.4. The maximum atomic E-state index is 13.2. The largest absolute Gasteiger partial charge is 0.452 e. The Hall–Kier alpha value is -3.98. The van der Waals surface area contributed by atoms with E-state index in [1.807, 2.05) is 0 Å². The Balaban J connectivity index is 1.34. The summed E-state index contributed by atoms with van der Waals surface area (Å²) < 4.78 is 19.6. The van der Waals surface area contributed by atoms with Gasteiger partial charge in [-0.3, -0.25) is 9.59 Å². The molecule has 180 valence electrons. The molecule has 0 saturated heterocycles. The van der Waals surface area contributed by atoms with E-state index in [1.165, 1.54) is 35.0 Å². The summed E-state index contributed by atoms with van der Waals surface area (Å²) in [4.78, 5) is 36.8. The van der Waals surface area contributed by atoms with Crippen LogP contribution in [-0.2, 0) is 14.3 Å². The normalized spacial score (nSPS) is 13.0. The summed E-state index contributed by atoms with van der Waals surface area (Å²) >= 11 is 6.39. The van der Waals surface area contributed by atoms with E-state index in [1.54, 1.807) is 31.2 Å². The third-order valence-corrected chi connectivity index (χ3v) is 5.57. The van der Waals surface area contributed by atoms with Gasteiger partial charge in [-0.15, -0.1) is 0 Å². The molecule has 1 fully saturated rings. The predicted octanol–water partition coefficient (Wildman–Crippen LogP) is 4.06. The number of rotatable bonds is 8. The summed E-state index contributed by atoms with van der Waals surface area (Å²) in [6.07, 6.45) is 4.46. The fraction of sp³-hybridized carbons (Fsp3) is 0.200. The Bertz CT molecular complexity index is 1300. The summed E-state index contributed by atoms with van der Waals surface area (Å²) in [5, 5.41) is 10.0. The van der Waals surface area contributed by atoms with Crippen molar-refractivity contribution >= 4 is 41.1 Å². The molecule has 0 radical (unpaired) electrons. The van der Waals surface area contributed by atoms with Gasteiger partial charge in [0.15, 0.2) is 6.61 Å². The molecule has 8 nitrogen and oxygen atoms in total. The van der Waals surface area contributed by atoms with Gasteiger partial charge in [0, 0.05) is 17.7 Å². The van der Waals surface area contributed by atoms with Gasteiger partial charge in [0.25, 0.3) is 11.8 Å². The van der Waals surface area contributed by atoms with Gasteiger partial charge in [-0.2, -0.15) is 5.10 Å². The number of amides is 2. The van der Waals surface area contributed by atoms with Crippen molar-refractivity contribution in [2.45, 2.75) is 25.8 Å². The van der Waals surface area contributed by atoms with Crippen molar-refractivity contribution in [3.05, 3.63) is 82.4 Å². The molecule has 1 heterocycles. The molecule has 0 aliphatic heterocycles. The molecule has 0 atom stereocenters. The molecule has 4 rings (SSSR count). The number of ether oxygens (including phenoxy) is 1. The van der Waals surface area contributed by atoms with Crippen LogP contribution < -0.4 is 10.6 Å². The van der Waals surface area contributed by atoms with E-state index in [0.29, 0.717) is 28.2 Å². The third kappa shape index (κ3) is 6.13. The molecule has 3 aromatic rings. The number of nitrogens with one attached hydrogen (secondary N) is 2. The van der Waals surface area contributed by atoms with E-state index in [2.05, 4.69) is 15.7 Å². The summed E-state index contributed by atoms with van der Waals surface area (Å²) in [5.41, 5.74) is 2.25. The highest BCUT2D eigenvalue weighted by Gasteiger charge is 2.25. The molecule has 0 spiro atoms. The Morgan fingerprint density at radius 1 is 1.17 bits per heavy atom. The third-order valence-electron chi connectivity index (χ3n) is 5.21. The number of hydrogen-bond acceptors (Lipinski definition) is 5. The second-order valence-electron chi connectivity index (χ2n) is 7.96. The number of anilines is 1. The number of hydrogen-bond donors (Lipinski definition) is 2. The molecule has 1 aliphatic carbocycles. The Morgan fingerprint density at radius 3 is 2.60 bits per heavy atom. The van der Waals surface area contributed by atoms with Crippen LogP contribution in [0.25, 0.3) is 11.8 Å². The van der Waals surface area contributed by atoms with E-state index in [4.69, 9.17) is 16.3 Å². The van der Waals surface area contributed by atoms with Crippen LogP contribution in [0.1, 0.15) is 34.5 Å². The molecule has 1 aliphatic rings. The molecule has 0 bridgehead atoms. The van der Waals surface area contributed by atoms with Gasteiger partial charge in [-0.1, -0.05) is 23.7 Å². The predicted molar refractivity (Wildman–Crippen MR) is 129 cm³/mol. The molecular weight excluding hydrogens is 475 g/mol. The van der Waals surface area contributed by atoms with Gasteiger partial charge in [-0.05, 0) is 62.2 Å². The lowest BCUT2D eigenvalue weighted by molar-refractivity contribution is -0.142. The number of benzene rings is 2. The molecule has 10 heteroatoms. The minimum Gasteiger partial charge on any atom is -0.452 e. The molecular formula is C25H22ClFN4O4. The van der Waals surface area contributed by atoms with Crippen LogP contribution in [0.2, 0.25) is 5.15 Å². The second-order valence-corrected chi connectivity index (χ2v) is 8.32. The number of para-hydroxylation sites is 1. The average Bonchev–Trinajstić information content (AvgIpc) is 3.61. The SMILES string of the molecule is Cc1nn(-c2ccc(F)cc2)c(Cl)c1/C=C/C(=O)OCC(=O)Nc1ccccc1C(=O)NC1CC1. The Labute approximate surface area is 205 Å². The van der Waals surface area contributed by atoms with Gasteiger partial charge >= 0.3 is 5.97 Å². The van der Waals surface area contributed by atoms with Gasteiger partial charge in [0.05, 0.1) is 22.6 Å². The van der Waals surface area contributed by atoms with E-state index in [0.717, 1.165) is 18.9 Å². The highest BCUT2D eigenvalue weighted by Crippen LogP contribution is 2.25. The number of nitrogens with zero attached hydrogens (tertiary/aromatic N) is 2. The first-order valence-electron chi connectivity index (χ1n) is 10.9. The fourth-order valence-corrected chi connectivity index (χ4v) is 3.59. The monoisotopic (exact) mass is 496 g/mol. The summed E-state index contributed by atoms with van der Waals surface area (Å²) in [6.45, 7) is 1.17. The zero-order chi connectivity index (χ0) is 24.9. The first kappa shape index (κ1) is 24.2. The quantitative estimate of drug-likeness (QED) is 0.361. The van der Waals surface area contributed by atoms with Gasteiger partial charge in [-0.25, -0.2) is 13.9 Å². The van der Waals surface area contributed by atoms with Crippen LogP contribution >= 0.6 is 11.6 Å². The fourth-order valence-electron chi connectivity index (χ4n) is 3.26. The molecule has 1 aromatic heterocycles. The van der Waals surface area contributed by atoms with Crippen LogP contribution in [0, 0.1) is 12.7 Å². The van der Waals surface area contributed by atoms with Crippen molar-refractivity contribution in [3.63, 3.8) is 0 Å². The van der Waals surface area contributed by atoms with Gasteiger partial charge in [0.1, 0.15) is 11.0 Å². The zero-order valence-electron chi connectivity index (χ0n) is 18.8. The van der Waals surface area contributed by atoms with Crippen molar-refractivity contribution in [2.75, 3.05) is 11.9 Å². The maximum absolute atomic E-state index is 13.2. The van der Waals surface area contributed by atoms with E-state index in [-0.39, 0.29) is 22.9 Å². The summed E-state index contributed by atoms with van der Waals surface area (Å²) in [5.74, 6) is -2.00. The van der Waals surface area contributed by atoms with Gasteiger partial charge in [0.2, 0.25) is 0 Å². The Kier molecular flexibility index (Phi) is 7.26. The van der Waals surface area contributed by atoms with Crippen LogP contribution in [-0.4, -0.2) is 40.2 Å². The molecule has 35 heavy (non-hydrogen) atoms. The highest BCUT2D eigenvalue weighted by atomic mass is 35.5. The lowest BCUT2D eigenvalue weighted by Crippen LogP contribution is -2.27. The molecule has 1 saturated carbocycles. The van der Waals surface area contributed by atoms with Crippen LogP contribution in [0.4, 0.5) is 10.1 Å². The standard InChI is InChI=1S/C25H22ClFN4O4/c1-15-19(24(26)31(30-15)18-10-6-16(27)7-11-18)12-13-23(33)35-14-22(32)29-21-5-3-2-4-20(21)25(34)28-17-8-9-17/h2-7,10-13,17H,8-9,14H2,1H3,(H,28,34)(H,29,32)/b13-12+. The minimum absolute atomic E-state index is 0.180. The van der Waals surface area contributed by atoms with Crippen molar-refractivity contribution < 1.29 is 23.5 Å². The molecule has 0 unspecified atom stereocenters. The molecule has 2 N–H and O–H groups in total. The Morgan fingerprint density at radius 2 is 1.89 bits per heavy atom. The van der Waals surface area contributed by atoms with Crippen molar-refractivity contribution in [1.82, 2.24) is 15.1 Å². The van der Waals surface area contributed by atoms with Gasteiger partial charge < -0.3 is 15.4 Å². The van der Waals surface area contributed by atoms with Crippen LogP contribution in [0.5, 0.6) is 0 Å². The highest BCUT2D eigenvalue weighted by molar-refractivity contribution is 6.31. The zero-order valence-corrected chi connectivity index (χ0v) is 19.5. The lowest BCUT2D eigenvalue weighted by atomic mass is 10.1. The van der Waals surface area contributed by atoms with Crippen molar-refractivity contribution in [1.29, 1.82) is 0 Å². The molecule has 2 aromatic carbocycles. The number of carbonyl (C=O) groups is 3. The average molecular weight is 497 g/mol. The number of halogens is 2. The van der Waals surface area contributed by atoms with E-state index < -0.39 is 18.5 Å². The number of aryl methyl sites for hydroxylation is 1. The van der Waals surface area contributed by atoms with E-state index >= 15 is 0 Å². The number of carbonyl (C=O) groups excluding carboxylic acids is 3. The van der Waals surface area contributed by atoms with Crippen molar-refractivity contribution in [3.8, 4) is 5.69 Å². The topological polar surface area (TPSA) is 102 Å². The van der Waals surface area contributed by atoms with Crippen molar-refractivity contribution in [2.24, 2.45) is 0 Å². The second kappa shape index (κ2) is 10.5. The molecule has 2 amide bonds. The number of esters is 1. The summed E-state index contributed by atoms with van der Waals surface area (Å²) in [7, 11) is 0.